The maximum absolute atomic E-state index is 13.8. The van der Waals surface area contributed by atoms with Crippen LogP contribution in [0.4, 0.5) is 4.39 Å². The molecule has 3 rings (SSSR count). The average Bonchev–Trinajstić information content (AvgIpc) is 3.04. The van der Waals surface area contributed by atoms with Crippen molar-refractivity contribution in [2.45, 2.75) is 19.6 Å². The number of benzene rings is 1. The van der Waals surface area contributed by atoms with Crippen LogP contribution in [0.15, 0.2) is 17.1 Å². The predicted octanol–water partition coefficient (Wildman–Crippen LogP) is 2.35. The molecule has 2 heterocycles. The summed E-state index contributed by atoms with van der Waals surface area (Å²) in [5.74, 6) is 1.77. The Balaban J connectivity index is 0.00000225. The molecular weight excluding hydrogens is 440 g/mol. The second-order valence-corrected chi connectivity index (χ2v) is 6.12. The fourth-order valence-corrected chi connectivity index (χ4v) is 3.29. The van der Waals surface area contributed by atoms with Crippen molar-refractivity contribution in [2.24, 2.45) is 10.9 Å². The van der Waals surface area contributed by atoms with E-state index in [4.69, 9.17) is 14.2 Å². The predicted molar refractivity (Wildman–Crippen MR) is 104 cm³/mol. The number of fused-ring (bicyclic) bond motifs is 1. The molecular formula is C17H25FIN3O3. The first-order chi connectivity index (χ1) is 11.7. The van der Waals surface area contributed by atoms with Gasteiger partial charge in [0.05, 0.1) is 13.2 Å². The van der Waals surface area contributed by atoms with Crippen LogP contribution in [-0.2, 0) is 22.6 Å². The molecule has 140 valence electrons. The van der Waals surface area contributed by atoms with Gasteiger partial charge in [-0.2, -0.15) is 0 Å². The lowest BCUT2D eigenvalue weighted by Crippen LogP contribution is -2.40. The van der Waals surface area contributed by atoms with Crippen molar-refractivity contribution in [3.05, 3.63) is 29.1 Å². The van der Waals surface area contributed by atoms with Crippen LogP contribution in [0.2, 0.25) is 0 Å². The van der Waals surface area contributed by atoms with Gasteiger partial charge in [-0.15, -0.1) is 24.0 Å². The van der Waals surface area contributed by atoms with Crippen LogP contribution in [0.5, 0.6) is 5.75 Å². The third-order valence-electron chi connectivity index (χ3n) is 4.39. The number of hydrogen-bond donors (Lipinski definition) is 1. The maximum atomic E-state index is 13.8. The van der Waals surface area contributed by atoms with Crippen LogP contribution < -0.4 is 10.1 Å². The number of halogens is 2. The first kappa shape index (κ1) is 20.2. The van der Waals surface area contributed by atoms with Crippen LogP contribution in [0.3, 0.4) is 0 Å². The van der Waals surface area contributed by atoms with Crippen LogP contribution >= 0.6 is 24.0 Å². The molecule has 1 aromatic rings. The summed E-state index contributed by atoms with van der Waals surface area (Å²) in [6.45, 7) is 3.65. The van der Waals surface area contributed by atoms with Gasteiger partial charge in [0.2, 0.25) is 0 Å². The van der Waals surface area contributed by atoms with E-state index in [1.165, 1.54) is 12.1 Å². The van der Waals surface area contributed by atoms with E-state index in [0.717, 1.165) is 43.2 Å². The molecule has 2 aliphatic heterocycles. The Labute approximate surface area is 164 Å². The number of nitrogens with zero attached hydrogens (tertiary/aromatic N) is 2. The van der Waals surface area contributed by atoms with Crippen molar-refractivity contribution in [3.63, 3.8) is 0 Å². The van der Waals surface area contributed by atoms with E-state index in [0.29, 0.717) is 24.8 Å². The van der Waals surface area contributed by atoms with E-state index in [1.54, 1.807) is 14.2 Å². The van der Waals surface area contributed by atoms with Crippen molar-refractivity contribution in [2.75, 3.05) is 40.6 Å². The minimum absolute atomic E-state index is 0. The lowest BCUT2D eigenvalue weighted by Gasteiger charge is -2.24. The average molecular weight is 465 g/mol. The topological polar surface area (TPSA) is 55.3 Å². The van der Waals surface area contributed by atoms with E-state index in [1.807, 2.05) is 0 Å². The second kappa shape index (κ2) is 9.54. The fraction of sp³-hybridized carbons (Fsp3) is 0.588. The van der Waals surface area contributed by atoms with Gasteiger partial charge < -0.3 is 24.4 Å². The third kappa shape index (κ3) is 4.95. The minimum atomic E-state index is -0.282. The largest absolute Gasteiger partial charge is 0.467 e. The summed E-state index contributed by atoms with van der Waals surface area (Å²) >= 11 is 0. The van der Waals surface area contributed by atoms with Crippen molar-refractivity contribution >= 4 is 29.9 Å². The summed E-state index contributed by atoms with van der Waals surface area (Å²) in [5, 5.41) is 3.32. The lowest BCUT2D eigenvalue weighted by molar-refractivity contribution is -0.0173. The second-order valence-electron chi connectivity index (χ2n) is 6.12. The Morgan fingerprint density at radius 2 is 2.32 bits per heavy atom. The maximum Gasteiger partial charge on any atom is 0.193 e. The third-order valence-corrected chi connectivity index (χ3v) is 4.39. The number of rotatable bonds is 4. The van der Waals surface area contributed by atoms with E-state index < -0.39 is 0 Å². The molecule has 8 heteroatoms. The highest BCUT2D eigenvalue weighted by molar-refractivity contribution is 14.0. The van der Waals surface area contributed by atoms with Gasteiger partial charge in [-0.1, -0.05) is 0 Å². The van der Waals surface area contributed by atoms with Gasteiger partial charge >= 0.3 is 0 Å². The Hall–Kier alpha value is -1.13. The normalized spacial score (nSPS) is 19.9. The highest BCUT2D eigenvalue weighted by Gasteiger charge is 2.25. The van der Waals surface area contributed by atoms with E-state index in [2.05, 4.69) is 15.2 Å². The molecule has 1 atom stereocenters. The number of methoxy groups -OCH3 is 1. The van der Waals surface area contributed by atoms with E-state index in [-0.39, 0.29) is 36.6 Å². The first-order valence-corrected chi connectivity index (χ1v) is 8.17. The summed E-state index contributed by atoms with van der Waals surface area (Å²) in [4.78, 5) is 6.55. The van der Waals surface area contributed by atoms with Gasteiger partial charge in [-0.25, -0.2) is 4.39 Å². The smallest absolute Gasteiger partial charge is 0.193 e. The Morgan fingerprint density at radius 1 is 1.48 bits per heavy atom. The monoisotopic (exact) mass is 465 g/mol. The van der Waals surface area contributed by atoms with Crippen molar-refractivity contribution in [1.82, 2.24) is 10.2 Å². The van der Waals surface area contributed by atoms with Gasteiger partial charge in [0.15, 0.2) is 12.8 Å². The summed E-state index contributed by atoms with van der Waals surface area (Å²) in [6, 6.07) is 2.96. The van der Waals surface area contributed by atoms with Crippen molar-refractivity contribution in [1.29, 1.82) is 0 Å². The van der Waals surface area contributed by atoms with Crippen molar-refractivity contribution in [3.8, 4) is 5.75 Å². The summed E-state index contributed by atoms with van der Waals surface area (Å²) in [7, 11) is 3.49. The molecule has 0 spiro atoms. The molecule has 0 radical (unpaired) electrons. The zero-order valence-electron chi connectivity index (χ0n) is 14.6. The first-order valence-electron chi connectivity index (χ1n) is 8.17. The molecule has 1 saturated heterocycles. The van der Waals surface area contributed by atoms with Crippen LogP contribution in [0.25, 0.3) is 0 Å². The quantitative estimate of drug-likeness (QED) is 0.421. The minimum Gasteiger partial charge on any atom is -0.467 e. The number of nitrogens with one attached hydrogen (secondary N) is 1. The molecule has 0 aliphatic carbocycles. The molecule has 6 nitrogen and oxygen atoms in total. The molecule has 0 aromatic heterocycles. The molecule has 0 amide bonds. The number of guanidine groups is 1. The van der Waals surface area contributed by atoms with E-state index >= 15 is 0 Å². The fourth-order valence-electron chi connectivity index (χ4n) is 3.29. The standard InChI is InChI=1S/C17H24FN3O3.HI/c1-19-17(21-4-3-12(8-21)9-22-2)20-7-13-5-15(18)6-14-10-23-11-24-16(13)14;/h5-6,12H,3-4,7-11H2,1-2H3,(H,19,20);1H. The number of likely N-dealkylation sites (tertiary alicyclic amines) is 1. The van der Waals surface area contributed by atoms with E-state index in [9.17, 15) is 4.39 Å². The summed E-state index contributed by atoms with van der Waals surface area (Å²) in [6.07, 6.45) is 1.09. The zero-order chi connectivity index (χ0) is 16.9. The lowest BCUT2D eigenvalue weighted by atomic mass is 10.1. The molecule has 0 bridgehead atoms. The van der Waals surface area contributed by atoms with Gasteiger partial charge in [-0.3, -0.25) is 4.99 Å². The van der Waals surface area contributed by atoms with Gasteiger partial charge in [-0.05, 0) is 18.6 Å². The molecule has 2 aliphatic rings. The molecule has 0 saturated carbocycles. The molecule has 25 heavy (non-hydrogen) atoms. The van der Waals surface area contributed by atoms with Crippen LogP contribution in [0.1, 0.15) is 17.5 Å². The molecule has 1 unspecified atom stereocenters. The zero-order valence-corrected chi connectivity index (χ0v) is 16.9. The molecule has 1 N–H and O–H groups in total. The summed E-state index contributed by atoms with van der Waals surface area (Å²) < 4.78 is 29.8. The molecule has 1 fully saturated rings. The Kier molecular flexibility index (Phi) is 7.70. The number of aliphatic imine (C=N–C) groups is 1. The Morgan fingerprint density at radius 3 is 3.08 bits per heavy atom. The van der Waals surface area contributed by atoms with Gasteiger partial charge in [0, 0.05) is 50.8 Å². The van der Waals surface area contributed by atoms with Crippen LogP contribution in [0, 0.1) is 11.7 Å². The summed E-state index contributed by atoms with van der Waals surface area (Å²) in [5.41, 5.74) is 1.52. The van der Waals surface area contributed by atoms with Crippen LogP contribution in [-0.4, -0.2) is 51.5 Å². The Bertz CT molecular complexity index is 615. The van der Waals surface area contributed by atoms with Gasteiger partial charge in [0.25, 0.3) is 0 Å². The molecule has 1 aromatic carbocycles. The number of hydrogen-bond acceptors (Lipinski definition) is 4. The van der Waals surface area contributed by atoms with Crippen molar-refractivity contribution < 1.29 is 18.6 Å². The van der Waals surface area contributed by atoms with Gasteiger partial charge in [0.1, 0.15) is 11.6 Å². The SMILES string of the molecule is CN=C(NCc1cc(F)cc2c1OCOC2)N1CCC(COC)C1.I. The highest BCUT2D eigenvalue weighted by Crippen LogP contribution is 2.29. The number of ether oxygens (including phenoxy) is 3. The highest BCUT2D eigenvalue weighted by atomic mass is 127.